The molecule has 1 N–H and O–H groups in total. The molecule has 0 aromatic heterocycles. The summed E-state index contributed by atoms with van der Waals surface area (Å²) in [7, 11) is 0. The maximum atomic E-state index is 12.1. The standard InChI is InChI=1S/C18H17Cl2NO3S/c1-11(13-3-4-14(19)15(20)7-13)21-18(22)9-25-8-12-2-5-16-17(6-12)24-10-23-16/h2-7,11H,8-10H2,1H3,(H,21,22)/t11-/m1/s1. The number of nitrogens with one attached hydrogen (secondary N) is 1. The van der Waals surface area contributed by atoms with E-state index in [2.05, 4.69) is 5.32 Å². The molecule has 1 atom stereocenters. The SMILES string of the molecule is C[C@@H](NC(=O)CSCc1ccc2c(c1)OCO2)c1ccc(Cl)c(Cl)c1. The fourth-order valence-corrected chi connectivity index (χ4v) is 3.53. The first-order valence-electron chi connectivity index (χ1n) is 7.73. The van der Waals surface area contributed by atoms with E-state index in [9.17, 15) is 4.79 Å². The van der Waals surface area contributed by atoms with E-state index < -0.39 is 0 Å². The van der Waals surface area contributed by atoms with Gasteiger partial charge >= 0.3 is 0 Å². The molecule has 7 heteroatoms. The van der Waals surface area contributed by atoms with E-state index in [4.69, 9.17) is 32.7 Å². The number of ether oxygens (including phenoxy) is 2. The van der Waals surface area contributed by atoms with Gasteiger partial charge in [0.15, 0.2) is 11.5 Å². The second-order valence-corrected chi connectivity index (χ2v) is 7.44. The van der Waals surface area contributed by atoms with Crippen molar-refractivity contribution in [1.82, 2.24) is 5.32 Å². The Balaban J connectivity index is 1.47. The number of halogens is 2. The molecule has 0 aliphatic carbocycles. The number of amides is 1. The summed E-state index contributed by atoms with van der Waals surface area (Å²) in [5.41, 5.74) is 2.02. The van der Waals surface area contributed by atoms with Gasteiger partial charge in [-0.3, -0.25) is 4.79 Å². The maximum absolute atomic E-state index is 12.1. The van der Waals surface area contributed by atoms with Gasteiger partial charge < -0.3 is 14.8 Å². The summed E-state index contributed by atoms with van der Waals surface area (Å²) in [4.78, 5) is 12.1. The van der Waals surface area contributed by atoms with Crippen LogP contribution in [0.2, 0.25) is 10.0 Å². The molecule has 1 heterocycles. The molecule has 1 amide bonds. The molecule has 0 saturated carbocycles. The molecule has 25 heavy (non-hydrogen) atoms. The molecule has 132 valence electrons. The van der Waals surface area contributed by atoms with Crippen LogP contribution in [0.15, 0.2) is 36.4 Å². The fourth-order valence-electron chi connectivity index (χ4n) is 2.44. The van der Waals surface area contributed by atoms with Crippen LogP contribution in [-0.2, 0) is 10.5 Å². The van der Waals surface area contributed by atoms with Gasteiger partial charge in [0, 0.05) is 5.75 Å². The van der Waals surface area contributed by atoms with Crippen LogP contribution in [0.5, 0.6) is 11.5 Å². The highest BCUT2D eigenvalue weighted by atomic mass is 35.5. The largest absolute Gasteiger partial charge is 0.454 e. The van der Waals surface area contributed by atoms with Crippen molar-refractivity contribution in [2.45, 2.75) is 18.7 Å². The second-order valence-electron chi connectivity index (χ2n) is 5.64. The quantitative estimate of drug-likeness (QED) is 0.757. The van der Waals surface area contributed by atoms with Gasteiger partial charge in [0.2, 0.25) is 12.7 Å². The third-order valence-electron chi connectivity index (χ3n) is 3.76. The van der Waals surface area contributed by atoms with E-state index in [1.165, 1.54) is 0 Å². The summed E-state index contributed by atoms with van der Waals surface area (Å²) in [5, 5.41) is 3.95. The van der Waals surface area contributed by atoms with E-state index in [1.807, 2.05) is 31.2 Å². The molecule has 0 saturated heterocycles. The summed E-state index contributed by atoms with van der Waals surface area (Å²) < 4.78 is 10.6. The first-order valence-corrected chi connectivity index (χ1v) is 9.64. The summed E-state index contributed by atoms with van der Waals surface area (Å²) in [5.74, 6) is 2.60. The lowest BCUT2D eigenvalue weighted by Gasteiger charge is -2.15. The van der Waals surface area contributed by atoms with Crippen molar-refractivity contribution in [3.05, 3.63) is 57.6 Å². The number of carbonyl (C=O) groups is 1. The van der Waals surface area contributed by atoms with Crippen molar-refractivity contribution in [2.75, 3.05) is 12.5 Å². The van der Waals surface area contributed by atoms with Crippen LogP contribution in [-0.4, -0.2) is 18.5 Å². The average molecular weight is 398 g/mol. The highest BCUT2D eigenvalue weighted by Gasteiger charge is 2.14. The number of fused-ring (bicyclic) bond motifs is 1. The number of thioether (sulfide) groups is 1. The lowest BCUT2D eigenvalue weighted by molar-refractivity contribution is -0.119. The van der Waals surface area contributed by atoms with Gasteiger partial charge in [-0.25, -0.2) is 0 Å². The predicted octanol–water partition coefficient (Wildman–Crippen LogP) is 4.83. The molecule has 0 fully saturated rings. The number of carbonyl (C=O) groups excluding carboxylic acids is 1. The zero-order chi connectivity index (χ0) is 17.8. The summed E-state index contributed by atoms with van der Waals surface area (Å²) in [6.45, 7) is 2.18. The second kappa shape index (κ2) is 8.21. The van der Waals surface area contributed by atoms with Gasteiger partial charge in [-0.15, -0.1) is 11.8 Å². The minimum Gasteiger partial charge on any atom is -0.454 e. The zero-order valence-corrected chi connectivity index (χ0v) is 15.9. The fraction of sp³-hybridized carbons (Fsp3) is 0.278. The van der Waals surface area contributed by atoms with Crippen LogP contribution >= 0.6 is 35.0 Å². The Morgan fingerprint density at radius 2 is 1.96 bits per heavy atom. The summed E-state index contributed by atoms with van der Waals surface area (Å²) >= 11 is 13.5. The summed E-state index contributed by atoms with van der Waals surface area (Å²) in [6.07, 6.45) is 0. The highest BCUT2D eigenvalue weighted by molar-refractivity contribution is 7.99. The number of rotatable bonds is 6. The maximum Gasteiger partial charge on any atom is 0.231 e. The molecule has 3 rings (SSSR count). The van der Waals surface area contributed by atoms with E-state index >= 15 is 0 Å². The van der Waals surface area contributed by atoms with E-state index in [0.29, 0.717) is 15.8 Å². The molecule has 0 bridgehead atoms. The van der Waals surface area contributed by atoms with Crippen LogP contribution in [0.3, 0.4) is 0 Å². The zero-order valence-electron chi connectivity index (χ0n) is 13.6. The molecule has 2 aromatic rings. The smallest absolute Gasteiger partial charge is 0.231 e. The topological polar surface area (TPSA) is 47.6 Å². The van der Waals surface area contributed by atoms with Crippen LogP contribution in [0.25, 0.3) is 0 Å². The highest BCUT2D eigenvalue weighted by Crippen LogP contribution is 2.33. The molecular weight excluding hydrogens is 381 g/mol. The van der Waals surface area contributed by atoms with Crippen molar-refractivity contribution in [3.8, 4) is 11.5 Å². The Kier molecular flexibility index (Phi) is 5.99. The van der Waals surface area contributed by atoms with Crippen molar-refractivity contribution < 1.29 is 14.3 Å². The normalized spacial score (nSPS) is 13.6. The van der Waals surface area contributed by atoms with Gasteiger partial charge in [0.1, 0.15) is 0 Å². The molecule has 1 aliphatic rings. The summed E-state index contributed by atoms with van der Waals surface area (Å²) in [6, 6.07) is 11.1. The van der Waals surface area contributed by atoms with Gasteiger partial charge in [0.05, 0.1) is 21.8 Å². The molecule has 1 aliphatic heterocycles. The molecule has 0 unspecified atom stereocenters. The van der Waals surface area contributed by atoms with Gasteiger partial charge in [-0.1, -0.05) is 35.3 Å². The molecule has 2 aromatic carbocycles. The van der Waals surface area contributed by atoms with Crippen LogP contribution in [0.4, 0.5) is 0 Å². The van der Waals surface area contributed by atoms with E-state index in [1.54, 1.807) is 23.9 Å². The molecule has 0 radical (unpaired) electrons. The van der Waals surface area contributed by atoms with Gasteiger partial charge in [0.25, 0.3) is 0 Å². The van der Waals surface area contributed by atoms with Crippen LogP contribution < -0.4 is 14.8 Å². The lowest BCUT2D eigenvalue weighted by atomic mass is 10.1. The molecular formula is C18H17Cl2NO3S. The van der Waals surface area contributed by atoms with Crippen molar-refractivity contribution in [3.63, 3.8) is 0 Å². The minimum absolute atomic E-state index is 0.0238. The number of benzene rings is 2. The van der Waals surface area contributed by atoms with Crippen molar-refractivity contribution >= 4 is 40.9 Å². The number of hydrogen-bond acceptors (Lipinski definition) is 4. The van der Waals surface area contributed by atoms with E-state index in [-0.39, 0.29) is 18.7 Å². The van der Waals surface area contributed by atoms with Crippen molar-refractivity contribution in [2.24, 2.45) is 0 Å². The van der Waals surface area contributed by atoms with E-state index in [0.717, 1.165) is 28.4 Å². The molecule has 0 spiro atoms. The Hall–Kier alpha value is -1.56. The Morgan fingerprint density at radius 3 is 2.76 bits per heavy atom. The monoisotopic (exact) mass is 397 g/mol. The van der Waals surface area contributed by atoms with Gasteiger partial charge in [-0.2, -0.15) is 0 Å². The minimum atomic E-state index is -0.131. The van der Waals surface area contributed by atoms with Gasteiger partial charge in [-0.05, 0) is 42.3 Å². The Bertz CT molecular complexity index is 785. The van der Waals surface area contributed by atoms with Crippen LogP contribution in [0, 0.1) is 0 Å². The average Bonchev–Trinajstić information content (AvgIpc) is 3.05. The number of hydrogen-bond donors (Lipinski definition) is 1. The van der Waals surface area contributed by atoms with Crippen molar-refractivity contribution in [1.29, 1.82) is 0 Å². The predicted molar refractivity (Wildman–Crippen MR) is 102 cm³/mol. The molecule has 4 nitrogen and oxygen atoms in total. The first kappa shape index (κ1) is 18.2. The third kappa shape index (κ3) is 4.75. The first-order chi connectivity index (χ1) is 12.0. The Labute approximate surface area is 160 Å². The third-order valence-corrected chi connectivity index (χ3v) is 5.50. The Morgan fingerprint density at radius 1 is 1.16 bits per heavy atom. The lowest BCUT2D eigenvalue weighted by Crippen LogP contribution is -2.28. The van der Waals surface area contributed by atoms with Crippen LogP contribution in [0.1, 0.15) is 24.1 Å².